The van der Waals surface area contributed by atoms with Gasteiger partial charge in [0.2, 0.25) is 0 Å². The second-order valence-corrected chi connectivity index (χ2v) is 5.54. The van der Waals surface area contributed by atoms with Gasteiger partial charge in [0.15, 0.2) is 0 Å². The van der Waals surface area contributed by atoms with Gasteiger partial charge in [0, 0.05) is 24.2 Å². The molecule has 1 heterocycles. The fourth-order valence-electron chi connectivity index (χ4n) is 2.61. The van der Waals surface area contributed by atoms with Crippen LogP contribution in [0.15, 0.2) is 24.3 Å². The average Bonchev–Trinajstić information content (AvgIpc) is 2.80. The molecule has 0 amide bonds. The monoisotopic (exact) mass is 331 g/mol. The van der Waals surface area contributed by atoms with Crippen molar-refractivity contribution in [3.05, 3.63) is 56.9 Å². The van der Waals surface area contributed by atoms with Crippen LogP contribution in [-0.4, -0.2) is 27.3 Å². The molecule has 2 aromatic rings. The van der Waals surface area contributed by atoms with Crippen molar-refractivity contribution in [1.29, 1.82) is 0 Å². The number of carbonyl (C=O) groups excluding carboxylic acids is 1. The van der Waals surface area contributed by atoms with Crippen LogP contribution in [-0.2, 0) is 22.5 Å². The SMILES string of the molecule is CCOC(=O)CCc1c(C)nn(Cc2ccc([N+](=O)[O-])cc2)c1C. The zero-order valence-corrected chi connectivity index (χ0v) is 14.1. The number of non-ortho nitro benzene ring substituents is 1. The normalized spacial score (nSPS) is 10.6. The summed E-state index contributed by atoms with van der Waals surface area (Å²) in [5, 5.41) is 15.2. The van der Waals surface area contributed by atoms with E-state index < -0.39 is 4.92 Å². The van der Waals surface area contributed by atoms with E-state index in [1.807, 2.05) is 18.5 Å². The van der Waals surface area contributed by atoms with Crippen molar-refractivity contribution in [3.8, 4) is 0 Å². The van der Waals surface area contributed by atoms with Crippen LogP contribution in [0.4, 0.5) is 5.69 Å². The van der Waals surface area contributed by atoms with Crippen LogP contribution in [0.25, 0.3) is 0 Å². The molecule has 0 N–H and O–H groups in total. The number of ether oxygens (including phenoxy) is 1. The molecule has 0 aliphatic rings. The van der Waals surface area contributed by atoms with Crippen molar-refractivity contribution >= 4 is 11.7 Å². The summed E-state index contributed by atoms with van der Waals surface area (Å²) in [6, 6.07) is 6.44. The van der Waals surface area contributed by atoms with E-state index in [0.717, 1.165) is 22.5 Å². The Hall–Kier alpha value is -2.70. The molecule has 0 radical (unpaired) electrons. The summed E-state index contributed by atoms with van der Waals surface area (Å²) in [4.78, 5) is 21.8. The van der Waals surface area contributed by atoms with Gasteiger partial charge in [0.25, 0.3) is 5.69 Å². The van der Waals surface area contributed by atoms with Crippen LogP contribution in [0.1, 0.15) is 35.9 Å². The van der Waals surface area contributed by atoms with Crippen molar-refractivity contribution in [2.24, 2.45) is 0 Å². The lowest BCUT2D eigenvalue weighted by Crippen LogP contribution is -2.07. The van der Waals surface area contributed by atoms with Gasteiger partial charge in [-0.3, -0.25) is 19.6 Å². The standard InChI is InChI=1S/C17H21N3O4/c1-4-24-17(21)10-9-16-12(2)18-19(13(16)3)11-14-5-7-15(8-6-14)20(22)23/h5-8H,4,9-11H2,1-3H3. The van der Waals surface area contributed by atoms with Crippen LogP contribution >= 0.6 is 0 Å². The van der Waals surface area contributed by atoms with Crippen molar-refractivity contribution in [2.45, 2.75) is 40.2 Å². The molecule has 1 aromatic carbocycles. The van der Waals surface area contributed by atoms with Crippen LogP contribution in [0.2, 0.25) is 0 Å². The second-order valence-electron chi connectivity index (χ2n) is 5.54. The van der Waals surface area contributed by atoms with Crippen molar-refractivity contribution in [2.75, 3.05) is 6.61 Å². The highest BCUT2D eigenvalue weighted by molar-refractivity contribution is 5.69. The minimum absolute atomic E-state index is 0.0715. The Labute approximate surface area is 140 Å². The summed E-state index contributed by atoms with van der Waals surface area (Å²) in [6.07, 6.45) is 0.926. The number of hydrogen-bond acceptors (Lipinski definition) is 5. The third-order valence-electron chi connectivity index (χ3n) is 3.90. The Morgan fingerprint density at radius 3 is 2.54 bits per heavy atom. The van der Waals surface area contributed by atoms with Gasteiger partial charge >= 0.3 is 5.97 Å². The number of hydrogen-bond donors (Lipinski definition) is 0. The maximum absolute atomic E-state index is 11.5. The molecule has 24 heavy (non-hydrogen) atoms. The minimum Gasteiger partial charge on any atom is -0.466 e. The summed E-state index contributed by atoms with van der Waals surface area (Å²) >= 11 is 0. The first-order chi connectivity index (χ1) is 11.4. The highest BCUT2D eigenvalue weighted by Gasteiger charge is 2.14. The summed E-state index contributed by atoms with van der Waals surface area (Å²) in [5.41, 5.74) is 3.93. The highest BCUT2D eigenvalue weighted by atomic mass is 16.6. The Bertz CT molecular complexity index is 735. The largest absolute Gasteiger partial charge is 0.466 e. The number of aromatic nitrogens is 2. The molecule has 0 spiro atoms. The Kier molecular flexibility index (Phi) is 5.68. The summed E-state index contributed by atoms with van der Waals surface area (Å²) in [5.74, 6) is -0.209. The van der Waals surface area contributed by atoms with Gasteiger partial charge in [0.05, 0.1) is 23.8 Å². The summed E-state index contributed by atoms with van der Waals surface area (Å²) in [7, 11) is 0. The lowest BCUT2D eigenvalue weighted by molar-refractivity contribution is -0.384. The fourth-order valence-corrected chi connectivity index (χ4v) is 2.61. The van der Waals surface area contributed by atoms with E-state index in [1.165, 1.54) is 12.1 Å². The molecule has 0 saturated heterocycles. The zero-order chi connectivity index (χ0) is 17.7. The lowest BCUT2D eigenvalue weighted by atomic mass is 10.1. The molecule has 0 saturated carbocycles. The predicted octanol–water partition coefficient (Wildman–Crippen LogP) is 2.95. The van der Waals surface area contributed by atoms with E-state index in [-0.39, 0.29) is 11.7 Å². The van der Waals surface area contributed by atoms with Crippen molar-refractivity contribution < 1.29 is 14.5 Å². The van der Waals surface area contributed by atoms with Gasteiger partial charge in [-0.1, -0.05) is 12.1 Å². The van der Waals surface area contributed by atoms with E-state index in [0.29, 0.717) is 26.0 Å². The third kappa shape index (κ3) is 4.18. The number of nitrogens with zero attached hydrogens (tertiary/aromatic N) is 3. The topological polar surface area (TPSA) is 87.3 Å². The summed E-state index contributed by atoms with van der Waals surface area (Å²) < 4.78 is 6.81. The number of nitro benzene ring substituents is 1. The van der Waals surface area contributed by atoms with Gasteiger partial charge < -0.3 is 4.74 Å². The molecule has 7 nitrogen and oxygen atoms in total. The number of benzene rings is 1. The number of aryl methyl sites for hydroxylation is 1. The van der Waals surface area contributed by atoms with E-state index in [2.05, 4.69) is 5.10 Å². The Morgan fingerprint density at radius 2 is 1.96 bits per heavy atom. The quantitative estimate of drug-likeness (QED) is 0.442. The first-order valence-corrected chi connectivity index (χ1v) is 7.84. The fraction of sp³-hybridized carbons (Fsp3) is 0.412. The van der Waals surface area contributed by atoms with E-state index in [9.17, 15) is 14.9 Å². The highest BCUT2D eigenvalue weighted by Crippen LogP contribution is 2.18. The molecule has 7 heteroatoms. The van der Waals surface area contributed by atoms with Crippen molar-refractivity contribution in [3.63, 3.8) is 0 Å². The lowest BCUT2D eigenvalue weighted by Gasteiger charge is -2.06. The Balaban J connectivity index is 2.10. The van der Waals surface area contributed by atoms with Crippen LogP contribution in [0.5, 0.6) is 0 Å². The van der Waals surface area contributed by atoms with Gasteiger partial charge in [-0.05, 0) is 38.3 Å². The molecule has 0 bridgehead atoms. The minimum atomic E-state index is -0.416. The maximum Gasteiger partial charge on any atom is 0.306 e. The first-order valence-electron chi connectivity index (χ1n) is 7.84. The number of nitro groups is 1. The molecule has 128 valence electrons. The van der Waals surface area contributed by atoms with Crippen LogP contribution < -0.4 is 0 Å². The molecule has 0 atom stereocenters. The average molecular weight is 331 g/mol. The maximum atomic E-state index is 11.5. The zero-order valence-electron chi connectivity index (χ0n) is 14.1. The van der Waals surface area contributed by atoms with Gasteiger partial charge in [-0.2, -0.15) is 5.10 Å². The van der Waals surface area contributed by atoms with E-state index >= 15 is 0 Å². The van der Waals surface area contributed by atoms with Gasteiger partial charge in [0.1, 0.15) is 0 Å². The van der Waals surface area contributed by atoms with E-state index in [4.69, 9.17) is 4.74 Å². The molecular formula is C17H21N3O4. The molecular weight excluding hydrogens is 310 g/mol. The predicted molar refractivity (Wildman–Crippen MR) is 88.9 cm³/mol. The van der Waals surface area contributed by atoms with Gasteiger partial charge in [-0.15, -0.1) is 0 Å². The molecule has 1 aromatic heterocycles. The molecule has 0 aliphatic heterocycles. The van der Waals surface area contributed by atoms with Crippen molar-refractivity contribution in [1.82, 2.24) is 9.78 Å². The second kappa shape index (κ2) is 7.72. The number of carbonyl (C=O) groups is 1. The van der Waals surface area contributed by atoms with Gasteiger partial charge in [-0.25, -0.2) is 0 Å². The number of esters is 1. The van der Waals surface area contributed by atoms with E-state index in [1.54, 1.807) is 19.1 Å². The molecule has 0 unspecified atom stereocenters. The first kappa shape index (κ1) is 17.7. The third-order valence-corrected chi connectivity index (χ3v) is 3.90. The molecule has 0 fully saturated rings. The summed E-state index contributed by atoms with van der Waals surface area (Å²) in [6.45, 7) is 6.59. The smallest absolute Gasteiger partial charge is 0.306 e. The molecule has 0 aliphatic carbocycles. The Morgan fingerprint density at radius 1 is 1.29 bits per heavy atom. The number of rotatable bonds is 7. The van der Waals surface area contributed by atoms with Crippen LogP contribution in [0, 0.1) is 24.0 Å². The van der Waals surface area contributed by atoms with Crippen LogP contribution in [0.3, 0.4) is 0 Å². The molecule has 2 rings (SSSR count).